The first kappa shape index (κ1) is 14.3. The Morgan fingerprint density at radius 1 is 1.10 bits per heavy atom. The zero-order valence-electron chi connectivity index (χ0n) is 12.3. The number of rotatable bonds is 5. The topological polar surface area (TPSA) is 43.4 Å². The number of aryl methyl sites for hydroxylation is 1. The lowest BCUT2D eigenvalue weighted by Crippen LogP contribution is -2.20. The fraction of sp³-hybridized carbons (Fsp3) is 0.312. The summed E-state index contributed by atoms with van der Waals surface area (Å²) in [7, 11) is 5.26. The summed E-state index contributed by atoms with van der Waals surface area (Å²) in [5.74, 6) is 1.64. The lowest BCUT2D eigenvalue weighted by molar-refractivity contribution is 0.395. The predicted molar refractivity (Wildman–Crippen MR) is 79.4 cm³/mol. The lowest BCUT2D eigenvalue weighted by Gasteiger charge is -2.21. The summed E-state index contributed by atoms with van der Waals surface area (Å²) in [6.45, 7) is 2.01. The van der Waals surface area contributed by atoms with Crippen molar-refractivity contribution < 1.29 is 9.47 Å². The number of nitrogens with one attached hydrogen (secondary N) is 1. The summed E-state index contributed by atoms with van der Waals surface area (Å²) in [4.78, 5) is 4.36. The lowest BCUT2D eigenvalue weighted by atomic mass is 9.96. The first-order valence-corrected chi connectivity index (χ1v) is 6.52. The maximum atomic E-state index is 5.47. The van der Waals surface area contributed by atoms with Gasteiger partial charge in [-0.05, 0) is 43.8 Å². The first-order valence-electron chi connectivity index (χ1n) is 6.52. The third kappa shape index (κ3) is 2.75. The van der Waals surface area contributed by atoms with E-state index in [4.69, 9.17) is 9.47 Å². The van der Waals surface area contributed by atoms with Crippen molar-refractivity contribution >= 4 is 0 Å². The Balaban J connectivity index is 2.54. The van der Waals surface area contributed by atoms with Gasteiger partial charge in [-0.2, -0.15) is 0 Å². The molecule has 106 valence electrons. The summed E-state index contributed by atoms with van der Waals surface area (Å²) in [5.41, 5.74) is 3.16. The van der Waals surface area contributed by atoms with E-state index in [1.165, 1.54) is 0 Å². The standard InChI is InChI=1S/C16H20N2O2/c1-11-13(6-5-9-18-11)16(17-2)14-10-12(19-3)7-8-15(14)20-4/h5-10,16-17H,1-4H3. The highest BCUT2D eigenvalue weighted by Gasteiger charge is 2.19. The zero-order valence-corrected chi connectivity index (χ0v) is 12.3. The second kappa shape index (κ2) is 6.39. The van der Waals surface area contributed by atoms with Gasteiger partial charge in [-0.25, -0.2) is 0 Å². The highest BCUT2D eigenvalue weighted by atomic mass is 16.5. The van der Waals surface area contributed by atoms with E-state index in [0.717, 1.165) is 28.3 Å². The normalized spacial score (nSPS) is 12.0. The summed E-state index contributed by atoms with van der Waals surface area (Å²) in [6, 6.07) is 9.83. The molecule has 4 heteroatoms. The highest BCUT2D eigenvalue weighted by molar-refractivity contribution is 5.46. The van der Waals surface area contributed by atoms with E-state index in [1.54, 1.807) is 20.4 Å². The second-order valence-corrected chi connectivity index (χ2v) is 4.51. The number of pyridine rings is 1. The summed E-state index contributed by atoms with van der Waals surface area (Å²) < 4.78 is 10.8. The van der Waals surface area contributed by atoms with Gasteiger partial charge in [-0.1, -0.05) is 6.07 Å². The molecular weight excluding hydrogens is 252 g/mol. The summed E-state index contributed by atoms with van der Waals surface area (Å²) >= 11 is 0. The van der Waals surface area contributed by atoms with Crippen LogP contribution in [0.5, 0.6) is 11.5 Å². The van der Waals surface area contributed by atoms with E-state index in [1.807, 2.05) is 38.2 Å². The average Bonchev–Trinajstić information content (AvgIpc) is 2.49. The van der Waals surface area contributed by atoms with Crippen molar-refractivity contribution in [2.24, 2.45) is 0 Å². The third-order valence-electron chi connectivity index (χ3n) is 3.40. The molecule has 1 aromatic heterocycles. The van der Waals surface area contributed by atoms with Crippen LogP contribution in [0.1, 0.15) is 22.9 Å². The van der Waals surface area contributed by atoms with Gasteiger partial charge in [-0.15, -0.1) is 0 Å². The van der Waals surface area contributed by atoms with E-state index < -0.39 is 0 Å². The Bertz CT molecular complexity index is 584. The monoisotopic (exact) mass is 272 g/mol. The molecule has 0 saturated heterocycles. The second-order valence-electron chi connectivity index (χ2n) is 4.51. The molecule has 1 heterocycles. The molecule has 1 aromatic carbocycles. The number of aromatic nitrogens is 1. The van der Waals surface area contributed by atoms with Crippen LogP contribution in [0.15, 0.2) is 36.5 Å². The molecule has 2 aromatic rings. The van der Waals surface area contributed by atoms with Gasteiger partial charge in [0.15, 0.2) is 0 Å². The quantitative estimate of drug-likeness (QED) is 0.909. The van der Waals surface area contributed by atoms with Gasteiger partial charge < -0.3 is 14.8 Å². The average molecular weight is 272 g/mol. The zero-order chi connectivity index (χ0) is 14.5. The Labute approximate surface area is 119 Å². The number of hydrogen-bond acceptors (Lipinski definition) is 4. The fourth-order valence-electron chi connectivity index (χ4n) is 2.35. The third-order valence-corrected chi connectivity index (χ3v) is 3.40. The van der Waals surface area contributed by atoms with Gasteiger partial charge in [-0.3, -0.25) is 4.98 Å². The molecule has 0 bridgehead atoms. The van der Waals surface area contributed by atoms with Crippen LogP contribution in [0.2, 0.25) is 0 Å². The number of nitrogens with zero attached hydrogens (tertiary/aromatic N) is 1. The van der Waals surface area contributed by atoms with Crippen molar-refractivity contribution in [3.63, 3.8) is 0 Å². The highest BCUT2D eigenvalue weighted by Crippen LogP contribution is 2.33. The SMILES string of the molecule is CNC(c1cc(OC)ccc1OC)c1cccnc1C. The maximum absolute atomic E-state index is 5.47. The molecule has 2 rings (SSSR count). The van der Waals surface area contributed by atoms with Gasteiger partial charge in [0.2, 0.25) is 0 Å². The van der Waals surface area contributed by atoms with Gasteiger partial charge in [0.25, 0.3) is 0 Å². The van der Waals surface area contributed by atoms with Crippen LogP contribution < -0.4 is 14.8 Å². The molecule has 0 spiro atoms. The Morgan fingerprint density at radius 3 is 2.50 bits per heavy atom. The molecule has 0 amide bonds. The maximum Gasteiger partial charge on any atom is 0.124 e. The largest absolute Gasteiger partial charge is 0.497 e. The molecule has 0 aliphatic carbocycles. The van der Waals surface area contributed by atoms with Crippen molar-refractivity contribution in [1.29, 1.82) is 0 Å². The number of methoxy groups -OCH3 is 2. The molecule has 4 nitrogen and oxygen atoms in total. The molecule has 1 N–H and O–H groups in total. The molecule has 0 aliphatic heterocycles. The minimum atomic E-state index is 0.00810. The van der Waals surface area contributed by atoms with Crippen LogP contribution in [0.3, 0.4) is 0 Å². The van der Waals surface area contributed by atoms with Crippen LogP contribution in [-0.2, 0) is 0 Å². The van der Waals surface area contributed by atoms with Crippen LogP contribution in [0.4, 0.5) is 0 Å². The van der Waals surface area contributed by atoms with E-state index in [-0.39, 0.29) is 6.04 Å². The van der Waals surface area contributed by atoms with Gasteiger partial charge in [0.05, 0.1) is 20.3 Å². The van der Waals surface area contributed by atoms with Crippen molar-refractivity contribution in [3.8, 4) is 11.5 Å². The number of ether oxygens (including phenoxy) is 2. The van der Waals surface area contributed by atoms with Crippen molar-refractivity contribution in [1.82, 2.24) is 10.3 Å². The van der Waals surface area contributed by atoms with Gasteiger partial charge in [0, 0.05) is 17.5 Å². The molecule has 0 radical (unpaired) electrons. The van der Waals surface area contributed by atoms with Crippen molar-refractivity contribution in [2.75, 3.05) is 21.3 Å². The Hall–Kier alpha value is -2.07. The molecule has 0 saturated carbocycles. The van der Waals surface area contributed by atoms with E-state index in [2.05, 4.69) is 16.4 Å². The fourth-order valence-corrected chi connectivity index (χ4v) is 2.35. The predicted octanol–water partition coefficient (Wildman–Crippen LogP) is 2.72. The minimum absolute atomic E-state index is 0.00810. The van der Waals surface area contributed by atoms with Gasteiger partial charge in [0.1, 0.15) is 11.5 Å². The van der Waals surface area contributed by atoms with E-state index in [9.17, 15) is 0 Å². The van der Waals surface area contributed by atoms with Crippen LogP contribution >= 0.6 is 0 Å². The Morgan fingerprint density at radius 2 is 1.90 bits per heavy atom. The van der Waals surface area contributed by atoms with Gasteiger partial charge >= 0.3 is 0 Å². The Kier molecular flexibility index (Phi) is 4.58. The first-order chi connectivity index (χ1) is 9.71. The van der Waals surface area contributed by atoms with Crippen molar-refractivity contribution in [2.45, 2.75) is 13.0 Å². The summed E-state index contributed by atoms with van der Waals surface area (Å²) in [6.07, 6.45) is 1.80. The molecule has 0 aliphatic rings. The van der Waals surface area contributed by atoms with Crippen LogP contribution in [0.25, 0.3) is 0 Å². The molecule has 0 fully saturated rings. The van der Waals surface area contributed by atoms with E-state index in [0.29, 0.717) is 0 Å². The van der Waals surface area contributed by atoms with E-state index >= 15 is 0 Å². The number of hydrogen-bond donors (Lipinski definition) is 1. The minimum Gasteiger partial charge on any atom is -0.497 e. The molecule has 1 atom stereocenters. The van der Waals surface area contributed by atoms with Crippen LogP contribution in [-0.4, -0.2) is 26.3 Å². The molecule has 1 unspecified atom stereocenters. The van der Waals surface area contributed by atoms with Crippen molar-refractivity contribution in [3.05, 3.63) is 53.3 Å². The summed E-state index contributed by atoms with van der Waals surface area (Å²) in [5, 5.41) is 3.33. The van der Waals surface area contributed by atoms with Crippen LogP contribution in [0, 0.1) is 6.92 Å². The number of benzene rings is 1. The smallest absolute Gasteiger partial charge is 0.124 e. The molecular formula is C16H20N2O2. The molecule has 20 heavy (non-hydrogen) atoms.